The van der Waals surface area contributed by atoms with Crippen molar-refractivity contribution in [3.63, 3.8) is 0 Å². The fourth-order valence-corrected chi connectivity index (χ4v) is 4.27. The van der Waals surface area contributed by atoms with Gasteiger partial charge in [0.05, 0.1) is 19.2 Å². The zero-order valence-electron chi connectivity index (χ0n) is 15.8. The van der Waals surface area contributed by atoms with Crippen molar-refractivity contribution >= 4 is 11.9 Å². The molecule has 1 amide bonds. The Morgan fingerprint density at radius 1 is 1.21 bits per heavy atom. The molecule has 0 saturated carbocycles. The molecule has 2 aromatic rings. The van der Waals surface area contributed by atoms with Crippen LogP contribution in [0.25, 0.3) is 0 Å². The van der Waals surface area contributed by atoms with Gasteiger partial charge in [0, 0.05) is 37.3 Å². The second kappa shape index (κ2) is 7.37. The van der Waals surface area contributed by atoms with Gasteiger partial charge in [0.2, 0.25) is 5.91 Å². The van der Waals surface area contributed by atoms with Gasteiger partial charge in [-0.15, -0.1) is 0 Å². The molecular weight excluding hydrogens is 360 g/mol. The summed E-state index contributed by atoms with van der Waals surface area (Å²) in [4.78, 5) is 28.7. The van der Waals surface area contributed by atoms with Gasteiger partial charge >= 0.3 is 5.97 Å². The van der Waals surface area contributed by atoms with Crippen molar-refractivity contribution < 1.29 is 19.8 Å². The van der Waals surface area contributed by atoms with Gasteiger partial charge in [0.1, 0.15) is 0 Å². The molecule has 1 unspecified atom stereocenters. The molecule has 8 heteroatoms. The summed E-state index contributed by atoms with van der Waals surface area (Å²) in [6.45, 7) is 1.63. The van der Waals surface area contributed by atoms with Crippen LogP contribution in [0.5, 0.6) is 0 Å². The lowest BCUT2D eigenvalue weighted by Gasteiger charge is -2.37. The number of rotatable bonds is 4. The molecule has 4 rings (SSSR count). The van der Waals surface area contributed by atoms with Crippen LogP contribution in [0.3, 0.4) is 0 Å². The smallest absolute Gasteiger partial charge is 0.356 e. The minimum absolute atomic E-state index is 0.0221. The Morgan fingerprint density at radius 2 is 1.96 bits per heavy atom. The predicted molar refractivity (Wildman–Crippen MR) is 101 cm³/mol. The maximum atomic E-state index is 13.3. The van der Waals surface area contributed by atoms with Crippen LogP contribution in [0.2, 0.25) is 0 Å². The summed E-state index contributed by atoms with van der Waals surface area (Å²) in [6, 6.07) is 7.91. The monoisotopic (exact) mass is 384 g/mol. The maximum Gasteiger partial charge on any atom is 0.356 e. The first-order chi connectivity index (χ1) is 13.5. The number of aromatic carboxylic acids is 1. The highest BCUT2D eigenvalue weighted by molar-refractivity contribution is 5.88. The first-order valence-electron chi connectivity index (χ1n) is 9.48. The van der Waals surface area contributed by atoms with Crippen LogP contribution >= 0.6 is 0 Å². The highest BCUT2D eigenvalue weighted by Crippen LogP contribution is 2.27. The van der Waals surface area contributed by atoms with E-state index in [1.807, 2.05) is 19.2 Å². The summed E-state index contributed by atoms with van der Waals surface area (Å²) in [5.74, 6) is -1.08. The minimum Gasteiger partial charge on any atom is -0.476 e. The van der Waals surface area contributed by atoms with E-state index in [-0.39, 0.29) is 37.3 Å². The van der Waals surface area contributed by atoms with E-state index in [1.54, 1.807) is 9.58 Å². The van der Waals surface area contributed by atoms with E-state index >= 15 is 0 Å². The van der Waals surface area contributed by atoms with Gasteiger partial charge < -0.3 is 15.1 Å². The van der Waals surface area contributed by atoms with Gasteiger partial charge in [-0.25, -0.2) is 4.79 Å². The second-order valence-electron chi connectivity index (χ2n) is 7.44. The molecule has 148 valence electrons. The average Bonchev–Trinajstić information content (AvgIpc) is 3.05. The first-order valence-corrected chi connectivity index (χ1v) is 9.48. The van der Waals surface area contributed by atoms with Gasteiger partial charge in [-0.3, -0.25) is 14.4 Å². The second-order valence-corrected chi connectivity index (χ2v) is 7.44. The van der Waals surface area contributed by atoms with Crippen molar-refractivity contribution in [2.24, 2.45) is 0 Å². The fraction of sp³-hybridized carbons (Fsp3) is 0.450. The van der Waals surface area contributed by atoms with E-state index in [9.17, 15) is 19.8 Å². The van der Waals surface area contributed by atoms with Crippen LogP contribution < -0.4 is 0 Å². The number of carboxylic acid groups (broad SMARTS) is 1. The van der Waals surface area contributed by atoms with Crippen molar-refractivity contribution in [3.05, 3.63) is 52.3 Å². The van der Waals surface area contributed by atoms with Gasteiger partial charge in [-0.2, -0.15) is 5.10 Å². The van der Waals surface area contributed by atoms with Crippen molar-refractivity contribution in [1.82, 2.24) is 19.6 Å². The first kappa shape index (κ1) is 18.6. The van der Waals surface area contributed by atoms with Crippen molar-refractivity contribution in [2.75, 3.05) is 20.2 Å². The fourth-order valence-electron chi connectivity index (χ4n) is 4.27. The van der Waals surface area contributed by atoms with Crippen LogP contribution in [0, 0.1) is 0 Å². The number of benzene rings is 1. The van der Waals surface area contributed by atoms with Crippen molar-refractivity contribution in [2.45, 2.75) is 38.5 Å². The zero-order valence-corrected chi connectivity index (χ0v) is 15.8. The minimum atomic E-state index is -1.11. The Balaban J connectivity index is 1.57. The highest BCUT2D eigenvalue weighted by atomic mass is 16.4. The maximum absolute atomic E-state index is 13.3. The van der Waals surface area contributed by atoms with E-state index in [0.29, 0.717) is 24.9 Å². The molecule has 0 bridgehead atoms. The Labute approximate surface area is 163 Å². The van der Waals surface area contributed by atoms with Crippen molar-refractivity contribution in [1.29, 1.82) is 0 Å². The highest BCUT2D eigenvalue weighted by Gasteiger charge is 2.35. The largest absolute Gasteiger partial charge is 0.476 e. The molecule has 0 fully saturated rings. The average molecular weight is 384 g/mol. The molecule has 3 heterocycles. The molecule has 0 saturated heterocycles. The third-order valence-electron chi connectivity index (χ3n) is 5.73. The summed E-state index contributed by atoms with van der Waals surface area (Å²) in [7, 11) is 1.95. The summed E-state index contributed by atoms with van der Waals surface area (Å²) < 4.78 is 1.56. The molecule has 28 heavy (non-hydrogen) atoms. The number of aromatic nitrogens is 2. The Hall–Kier alpha value is -2.71. The predicted octanol–water partition coefficient (Wildman–Crippen LogP) is 0.515. The number of carboxylic acids is 1. The van der Waals surface area contributed by atoms with Gasteiger partial charge in [-0.1, -0.05) is 24.3 Å². The molecule has 8 nitrogen and oxygen atoms in total. The summed E-state index contributed by atoms with van der Waals surface area (Å²) in [5, 5.41) is 22.8. The number of carbonyl (C=O) groups excluding carboxylic acids is 1. The lowest BCUT2D eigenvalue weighted by Crippen LogP contribution is -2.51. The van der Waals surface area contributed by atoms with E-state index in [1.165, 1.54) is 11.1 Å². The van der Waals surface area contributed by atoms with Crippen LogP contribution in [-0.4, -0.2) is 67.9 Å². The molecule has 0 spiro atoms. The summed E-state index contributed by atoms with van der Waals surface area (Å²) >= 11 is 0. The molecule has 0 radical (unpaired) electrons. The number of aliphatic hydroxyl groups is 1. The van der Waals surface area contributed by atoms with Crippen LogP contribution in [-0.2, 0) is 37.3 Å². The number of nitrogens with zero attached hydrogens (tertiary/aromatic N) is 4. The number of carbonyl (C=O) groups is 2. The lowest BCUT2D eigenvalue weighted by molar-refractivity contribution is -0.138. The van der Waals surface area contributed by atoms with Gasteiger partial charge in [-0.05, 0) is 24.6 Å². The molecule has 1 atom stereocenters. The zero-order chi connectivity index (χ0) is 19.8. The van der Waals surface area contributed by atoms with Crippen LogP contribution in [0.4, 0.5) is 0 Å². The Morgan fingerprint density at radius 3 is 2.68 bits per heavy atom. The summed E-state index contributed by atoms with van der Waals surface area (Å²) in [5.41, 5.74) is 3.80. The van der Waals surface area contributed by atoms with Gasteiger partial charge in [0.25, 0.3) is 0 Å². The molecule has 2 aliphatic heterocycles. The normalized spacial score (nSPS) is 19.2. The van der Waals surface area contributed by atoms with Crippen LogP contribution in [0.15, 0.2) is 24.3 Å². The molecule has 1 aromatic heterocycles. The standard InChI is InChI=1S/C20H24N4O4/c1-22-11-14-5-3-2-4-13(14)10-17(22)19(26)23-7-6-16-15(12-23)18(20(27)28)21-24(16)8-9-25/h2-5,17,25H,6-12H2,1H3,(H,27,28). The number of hydrogen-bond acceptors (Lipinski definition) is 5. The molecule has 2 N–H and O–H groups in total. The van der Waals surface area contributed by atoms with Gasteiger partial charge in [0.15, 0.2) is 5.69 Å². The summed E-state index contributed by atoms with van der Waals surface area (Å²) in [6.07, 6.45) is 1.19. The Bertz CT molecular complexity index is 923. The quantitative estimate of drug-likeness (QED) is 0.797. The van der Waals surface area contributed by atoms with E-state index in [0.717, 1.165) is 12.2 Å². The SMILES string of the molecule is CN1Cc2ccccc2CC1C(=O)N1CCc2c(c(C(=O)O)nn2CCO)C1. The topological polar surface area (TPSA) is 98.9 Å². The van der Waals surface area contributed by atoms with Crippen molar-refractivity contribution in [3.8, 4) is 0 Å². The molecule has 0 aliphatic carbocycles. The third-order valence-corrected chi connectivity index (χ3v) is 5.73. The Kier molecular flexibility index (Phi) is 4.91. The third kappa shape index (κ3) is 3.18. The number of hydrogen-bond donors (Lipinski definition) is 2. The lowest BCUT2D eigenvalue weighted by atomic mass is 9.93. The number of amides is 1. The number of aliphatic hydroxyl groups excluding tert-OH is 1. The molecule has 1 aromatic carbocycles. The van der Waals surface area contributed by atoms with E-state index < -0.39 is 5.97 Å². The molecule has 2 aliphatic rings. The number of fused-ring (bicyclic) bond motifs is 2. The number of likely N-dealkylation sites (N-methyl/N-ethyl adjacent to an activating group) is 1. The molecular formula is C20H24N4O4. The van der Waals surface area contributed by atoms with E-state index in [2.05, 4.69) is 22.1 Å². The van der Waals surface area contributed by atoms with E-state index in [4.69, 9.17) is 0 Å². The van der Waals surface area contributed by atoms with Crippen LogP contribution in [0.1, 0.15) is 32.9 Å².